The molecule has 7 nitrogen and oxygen atoms in total. The molecule has 1 heterocycles. The van der Waals surface area contributed by atoms with Gasteiger partial charge in [0.2, 0.25) is 11.8 Å². The van der Waals surface area contributed by atoms with Crippen molar-refractivity contribution in [3.05, 3.63) is 0 Å². The number of amides is 4. The molecule has 0 radical (unpaired) electrons. The van der Waals surface area contributed by atoms with Crippen LogP contribution in [0.4, 0.5) is 4.79 Å². The molecule has 8 heteroatoms. The second kappa shape index (κ2) is 3.52. The predicted molar refractivity (Wildman–Crippen MR) is 56.6 cm³/mol. The van der Waals surface area contributed by atoms with Gasteiger partial charge >= 0.3 is 6.03 Å². The molecular weight excluding hydrogens is 248 g/mol. The number of carbonyl (C=O) groups excluding carboxylic acids is 3. The lowest BCUT2D eigenvalue weighted by atomic mass is 10.0. The van der Waals surface area contributed by atoms with E-state index in [1.807, 2.05) is 0 Å². The molecule has 4 amide bonds. The molecule has 0 aromatic heterocycles. The molecule has 2 rings (SSSR count). The largest absolute Gasteiger partial charge is 0.330 e. The van der Waals surface area contributed by atoms with Crippen molar-refractivity contribution in [2.45, 2.75) is 12.8 Å². The van der Waals surface area contributed by atoms with Gasteiger partial charge in [-0.1, -0.05) is 0 Å². The Kier molecular flexibility index (Phi) is 2.49. The molecule has 1 aliphatic heterocycles. The lowest BCUT2D eigenvalue weighted by Gasteiger charge is -2.29. The van der Waals surface area contributed by atoms with Crippen molar-refractivity contribution in [2.24, 2.45) is 5.41 Å². The van der Waals surface area contributed by atoms with Crippen molar-refractivity contribution < 1.29 is 22.8 Å². The highest BCUT2D eigenvalue weighted by molar-refractivity contribution is 7.90. The summed E-state index contributed by atoms with van der Waals surface area (Å²) in [5, 5.41) is 2.08. The van der Waals surface area contributed by atoms with Gasteiger partial charge in [-0.3, -0.25) is 19.8 Å². The van der Waals surface area contributed by atoms with Crippen LogP contribution in [0.15, 0.2) is 0 Å². The molecule has 2 fully saturated rings. The van der Waals surface area contributed by atoms with Crippen LogP contribution in [0, 0.1) is 5.41 Å². The first kappa shape index (κ1) is 12.0. The molecule has 0 unspecified atom stereocenters. The summed E-state index contributed by atoms with van der Waals surface area (Å²) >= 11 is 0. The van der Waals surface area contributed by atoms with Gasteiger partial charge in [0.05, 0.1) is 5.75 Å². The van der Waals surface area contributed by atoms with Gasteiger partial charge in [-0.2, -0.15) is 0 Å². The predicted octanol–water partition coefficient (Wildman–Crippen LogP) is -1.11. The average Bonchev–Trinajstić information content (AvgIpc) is 2.94. The number of barbiturate groups is 1. The lowest BCUT2D eigenvalue weighted by molar-refractivity contribution is -0.144. The van der Waals surface area contributed by atoms with Crippen molar-refractivity contribution >= 4 is 27.7 Å². The van der Waals surface area contributed by atoms with Gasteiger partial charge in [0.15, 0.2) is 0 Å². The van der Waals surface area contributed by atoms with Crippen LogP contribution in [0.25, 0.3) is 0 Å². The van der Waals surface area contributed by atoms with Crippen LogP contribution in [0.5, 0.6) is 0 Å². The monoisotopic (exact) mass is 260 g/mol. The fourth-order valence-corrected chi connectivity index (χ4v) is 2.27. The topological polar surface area (TPSA) is 101 Å². The summed E-state index contributed by atoms with van der Waals surface area (Å²) in [5.41, 5.74) is -1.11. The molecule has 0 bridgehead atoms. The van der Waals surface area contributed by atoms with Crippen molar-refractivity contribution in [1.29, 1.82) is 0 Å². The Morgan fingerprint density at radius 1 is 1.29 bits per heavy atom. The maximum absolute atomic E-state index is 11.9. The molecule has 0 atom stereocenters. The van der Waals surface area contributed by atoms with Crippen LogP contribution in [-0.2, 0) is 19.4 Å². The van der Waals surface area contributed by atoms with E-state index >= 15 is 0 Å². The number of hydrogen-bond acceptors (Lipinski definition) is 5. The van der Waals surface area contributed by atoms with E-state index in [1.165, 1.54) is 0 Å². The zero-order chi connectivity index (χ0) is 12.8. The zero-order valence-corrected chi connectivity index (χ0v) is 10.0. The van der Waals surface area contributed by atoms with Crippen LogP contribution in [0.1, 0.15) is 12.8 Å². The molecule has 1 N–H and O–H groups in total. The Hall–Kier alpha value is -1.44. The van der Waals surface area contributed by atoms with Crippen molar-refractivity contribution in [3.63, 3.8) is 0 Å². The molecule has 1 spiro atoms. The second-order valence-electron chi connectivity index (χ2n) is 4.43. The quantitative estimate of drug-likeness (QED) is 0.648. The summed E-state index contributed by atoms with van der Waals surface area (Å²) in [6, 6.07) is -0.832. The molecule has 1 saturated heterocycles. The van der Waals surface area contributed by atoms with Gasteiger partial charge in [0, 0.05) is 12.8 Å². The first-order chi connectivity index (χ1) is 7.76. The number of nitrogens with one attached hydrogen (secondary N) is 1. The minimum atomic E-state index is -3.26. The fraction of sp³-hybridized carbons (Fsp3) is 0.667. The lowest BCUT2D eigenvalue weighted by Crippen LogP contribution is -2.59. The number of nitrogens with zero attached hydrogens (tertiary/aromatic N) is 1. The van der Waals surface area contributed by atoms with Crippen LogP contribution in [0.3, 0.4) is 0 Å². The highest BCUT2D eigenvalue weighted by Gasteiger charge is 2.62. The number of sulfone groups is 1. The van der Waals surface area contributed by atoms with Gasteiger partial charge in [0.1, 0.15) is 15.3 Å². The fourth-order valence-electron chi connectivity index (χ4n) is 1.76. The van der Waals surface area contributed by atoms with Crippen molar-refractivity contribution in [2.75, 3.05) is 18.6 Å². The third-order valence-electron chi connectivity index (χ3n) is 2.99. The van der Waals surface area contributed by atoms with E-state index in [0.29, 0.717) is 12.8 Å². The third-order valence-corrected chi connectivity index (χ3v) is 3.91. The van der Waals surface area contributed by atoms with Gasteiger partial charge in [0.25, 0.3) is 0 Å². The average molecular weight is 260 g/mol. The van der Waals surface area contributed by atoms with Gasteiger partial charge in [-0.15, -0.1) is 0 Å². The number of hydrogen-bond donors (Lipinski definition) is 1. The number of urea groups is 1. The maximum atomic E-state index is 11.9. The summed E-state index contributed by atoms with van der Waals surface area (Å²) in [4.78, 5) is 35.6. The van der Waals surface area contributed by atoms with Crippen LogP contribution >= 0.6 is 0 Å². The molecule has 0 aromatic carbocycles. The van der Waals surface area contributed by atoms with Gasteiger partial charge < -0.3 is 0 Å². The summed E-state index contributed by atoms with van der Waals surface area (Å²) < 4.78 is 22.0. The smallest absolute Gasteiger partial charge is 0.277 e. The Labute approximate surface area is 98.1 Å². The molecule has 0 aromatic rings. The van der Waals surface area contributed by atoms with Gasteiger partial charge in [-0.25, -0.2) is 13.2 Å². The van der Waals surface area contributed by atoms with E-state index in [0.717, 1.165) is 11.2 Å². The summed E-state index contributed by atoms with van der Waals surface area (Å²) in [5.74, 6) is -1.44. The molecule has 1 saturated carbocycles. The number of rotatable bonds is 3. The molecular formula is C9H12N2O5S. The Morgan fingerprint density at radius 2 is 1.88 bits per heavy atom. The van der Waals surface area contributed by atoms with E-state index < -0.39 is 33.1 Å². The minimum absolute atomic E-state index is 0.210. The minimum Gasteiger partial charge on any atom is -0.277 e. The number of carbonyl (C=O) groups is 3. The Bertz CT molecular complexity index is 505. The molecule has 2 aliphatic rings. The van der Waals surface area contributed by atoms with Crippen LogP contribution in [0.2, 0.25) is 0 Å². The standard InChI is InChI=1S/C9H12N2O5S/c1-17(15,16)5-4-11-7(13)9(2-3-9)6(12)10-8(11)14/h2-5H2,1H3,(H,10,12,14). The highest BCUT2D eigenvalue weighted by atomic mass is 32.2. The summed E-state index contributed by atoms with van der Waals surface area (Å²) in [6.45, 7) is -0.210. The van der Waals surface area contributed by atoms with Crippen LogP contribution in [-0.4, -0.2) is 49.7 Å². The zero-order valence-electron chi connectivity index (χ0n) is 9.23. The van der Waals surface area contributed by atoms with E-state index in [2.05, 4.69) is 5.32 Å². The Balaban J connectivity index is 2.14. The van der Waals surface area contributed by atoms with E-state index in [4.69, 9.17) is 0 Å². The SMILES string of the molecule is CS(=O)(=O)CCN1C(=O)NC(=O)C2(CC2)C1=O. The molecule has 94 valence electrons. The van der Waals surface area contributed by atoms with Gasteiger partial charge in [-0.05, 0) is 12.8 Å². The van der Waals surface area contributed by atoms with Crippen molar-refractivity contribution in [1.82, 2.24) is 10.2 Å². The van der Waals surface area contributed by atoms with Crippen molar-refractivity contribution in [3.8, 4) is 0 Å². The third kappa shape index (κ3) is 2.04. The highest BCUT2D eigenvalue weighted by Crippen LogP contribution is 2.48. The first-order valence-electron chi connectivity index (χ1n) is 5.11. The normalized spacial score (nSPS) is 22.9. The Morgan fingerprint density at radius 3 is 2.35 bits per heavy atom. The number of imide groups is 2. The maximum Gasteiger partial charge on any atom is 0.330 e. The summed E-state index contributed by atoms with van der Waals surface area (Å²) in [6.07, 6.45) is 1.86. The van der Waals surface area contributed by atoms with E-state index in [1.54, 1.807) is 0 Å². The van der Waals surface area contributed by atoms with Crippen LogP contribution < -0.4 is 5.32 Å². The van der Waals surface area contributed by atoms with E-state index in [9.17, 15) is 22.8 Å². The second-order valence-corrected chi connectivity index (χ2v) is 6.69. The first-order valence-corrected chi connectivity index (χ1v) is 7.17. The summed E-state index contributed by atoms with van der Waals surface area (Å²) in [7, 11) is -3.26. The molecule has 17 heavy (non-hydrogen) atoms. The molecule has 1 aliphatic carbocycles. The van der Waals surface area contributed by atoms with E-state index in [-0.39, 0.29) is 12.3 Å².